The van der Waals surface area contributed by atoms with E-state index in [0.29, 0.717) is 18.2 Å². The monoisotopic (exact) mass is 290 g/mol. The minimum atomic E-state index is 0.0146. The first-order valence-electron chi connectivity index (χ1n) is 6.45. The van der Waals surface area contributed by atoms with Gasteiger partial charge in [0.2, 0.25) is 5.91 Å². The average molecular weight is 290 g/mol. The van der Waals surface area contributed by atoms with E-state index in [2.05, 4.69) is 34.6 Å². The second-order valence-corrected chi connectivity index (χ2v) is 5.57. The molecule has 0 aliphatic carbocycles. The van der Waals surface area contributed by atoms with Crippen molar-refractivity contribution in [2.24, 2.45) is 7.05 Å². The molecule has 0 unspecified atom stereocenters. The molecule has 0 saturated heterocycles. The summed E-state index contributed by atoms with van der Waals surface area (Å²) >= 11 is 1.39. The molecule has 0 radical (unpaired) electrons. The molecule has 0 spiro atoms. The van der Waals surface area contributed by atoms with E-state index >= 15 is 0 Å². The van der Waals surface area contributed by atoms with Crippen molar-refractivity contribution in [3.8, 4) is 0 Å². The Morgan fingerprint density at radius 1 is 1.40 bits per heavy atom. The molecule has 2 aromatic rings. The van der Waals surface area contributed by atoms with Crippen LogP contribution < -0.4 is 5.32 Å². The minimum absolute atomic E-state index is 0.0146. The summed E-state index contributed by atoms with van der Waals surface area (Å²) in [5.41, 5.74) is 1.23. The third-order valence-electron chi connectivity index (χ3n) is 2.98. The van der Waals surface area contributed by atoms with E-state index in [-0.39, 0.29) is 5.91 Å². The van der Waals surface area contributed by atoms with Crippen LogP contribution in [-0.4, -0.2) is 33.0 Å². The van der Waals surface area contributed by atoms with E-state index in [1.165, 1.54) is 17.3 Å². The summed E-state index contributed by atoms with van der Waals surface area (Å²) in [6.45, 7) is 2.74. The third kappa shape index (κ3) is 4.09. The summed E-state index contributed by atoms with van der Waals surface area (Å²) in [6, 6.07) is 10.2. The predicted molar refractivity (Wildman–Crippen MR) is 79.6 cm³/mol. The molecule has 1 aromatic heterocycles. The standard InChI is InChI=1S/C14H18N4OS/c1-11(12-6-4-3-5-7-12)8-15-13(19)9-20-14-17-16-10-18(14)2/h3-7,10-11H,8-9H2,1-2H3,(H,15,19)/t11-/m1/s1. The molecule has 106 valence electrons. The zero-order valence-electron chi connectivity index (χ0n) is 11.6. The molecule has 0 aliphatic rings. The number of rotatable bonds is 6. The maximum absolute atomic E-state index is 11.8. The molecule has 5 nitrogen and oxygen atoms in total. The molecule has 1 heterocycles. The summed E-state index contributed by atoms with van der Waals surface area (Å²) in [7, 11) is 1.86. The lowest BCUT2D eigenvalue weighted by Gasteiger charge is -2.12. The fourth-order valence-electron chi connectivity index (χ4n) is 1.75. The van der Waals surface area contributed by atoms with Crippen molar-refractivity contribution in [3.63, 3.8) is 0 Å². The number of benzene rings is 1. The lowest BCUT2D eigenvalue weighted by atomic mass is 10.0. The van der Waals surface area contributed by atoms with E-state index in [1.807, 2.05) is 25.2 Å². The number of nitrogens with zero attached hydrogens (tertiary/aromatic N) is 3. The molecule has 1 atom stereocenters. The molecule has 6 heteroatoms. The van der Waals surface area contributed by atoms with Crippen LogP contribution in [-0.2, 0) is 11.8 Å². The quantitative estimate of drug-likeness (QED) is 0.825. The van der Waals surface area contributed by atoms with Gasteiger partial charge >= 0.3 is 0 Å². The largest absolute Gasteiger partial charge is 0.355 e. The van der Waals surface area contributed by atoms with Crippen LogP contribution in [0.5, 0.6) is 0 Å². The van der Waals surface area contributed by atoms with Gasteiger partial charge in [0.25, 0.3) is 0 Å². The van der Waals surface area contributed by atoms with Crippen LogP contribution in [0.25, 0.3) is 0 Å². The average Bonchev–Trinajstić information content (AvgIpc) is 2.89. The van der Waals surface area contributed by atoms with Gasteiger partial charge < -0.3 is 9.88 Å². The Morgan fingerprint density at radius 3 is 2.80 bits per heavy atom. The van der Waals surface area contributed by atoms with E-state index in [1.54, 1.807) is 10.9 Å². The minimum Gasteiger partial charge on any atom is -0.355 e. The molecule has 20 heavy (non-hydrogen) atoms. The summed E-state index contributed by atoms with van der Waals surface area (Å²) in [4.78, 5) is 11.8. The molecule has 0 bridgehead atoms. The Hall–Kier alpha value is -1.82. The van der Waals surface area contributed by atoms with E-state index in [0.717, 1.165) is 5.16 Å². The van der Waals surface area contributed by atoms with E-state index in [4.69, 9.17) is 0 Å². The second kappa shape index (κ2) is 7.09. The topological polar surface area (TPSA) is 59.8 Å². The van der Waals surface area contributed by atoms with Crippen molar-refractivity contribution >= 4 is 17.7 Å². The number of amides is 1. The third-order valence-corrected chi connectivity index (χ3v) is 4.01. The normalized spacial score (nSPS) is 12.1. The second-order valence-electron chi connectivity index (χ2n) is 4.63. The smallest absolute Gasteiger partial charge is 0.230 e. The van der Waals surface area contributed by atoms with Crippen molar-refractivity contribution in [2.45, 2.75) is 18.0 Å². The van der Waals surface area contributed by atoms with Crippen LogP contribution in [0.15, 0.2) is 41.8 Å². The van der Waals surface area contributed by atoms with Gasteiger partial charge in [-0.25, -0.2) is 0 Å². The number of aryl methyl sites for hydroxylation is 1. The molecule has 1 N–H and O–H groups in total. The highest BCUT2D eigenvalue weighted by Crippen LogP contribution is 2.14. The SMILES string of the molecule is C[C@H](CNC(=O)CSc1nncn1C)c1ccccc1. The van der Waals surface area contributed by atoms with Crippen LogP contribution >= 0.6 is 11.8 Å². The first-order chi connectivity index (χ1) is 9.66. The molecular formula is C14H18N4OS. The summed E-state index contributed by atoms with van der Waals surface area (Å²) in [5, 5.41) is 11.4. The molecule has 0 aliphatic heterocycles. The first-order valence-corrected chi connectivity index (χ1v) is 7.44. The number of thioether (sulfide) groups is 1. The van der Waals surface area contributed by atoms with Crippen LogP contribution in [0, 0.1) is 0 Å². The molecule has 1 aromatic carbocycles. The van der Waals surface area contributed by atoms with E-state index in [9.17, 15) is 4.79 Å². The van der Waals surface area contributed by atoms with Gasteiger partial charge in [0.05, 0.1) is 5.75 Å². The molecule has 0 saturated carbocycles. The van der Waals surface area contributed by atoms with Crippen LogP contribution in [0.2, 0.25) is 0 Å². The van der Waals surface area contributed by atoms with Gasteiger partial charge in [-0.15, -0.1) is 10.2 Å². The summed E-state index contributed by atoms with van der Waals surface area (Å²) < 4.78 is 1.80. The molecule has 2 rings (SSSR count). The fourth-order valence-corrected chi connectivity index (χ4v) is 2.47. The maximum Gasteiger partial charge on any atom is 0.230 e. The number of aromatic nitrogens is 3. The Morgan fingerprint density at radius 2 is 2.15 bits per heavy atom. The molecule has 0 fully saturated rings. The van der Waals surface area contributed by atoms with Gasteiger partial charge in [0.15, 0.2) is 5.16 Å². The fraction of sp³-hybridized carbons (Fsp3) is 0.357. The zero-order chi connectivity index (χ0) is 14.4. The van der Waals surface area contributed by atoms with Crippen molar-refractivity contribution < 1.29 is 4.79 Å². The lowest BCUT2D eigenvalue weighted by Crippen LogP contribution is -2.29. The molecular weight excluding hydrogens is 272 g/mol. The number of carbonyl (C=O) groups excluding carboxylic acids is 1. The Bertz CT molecular complexity index is 555. The number of nitrogens with one attached hydrogen (secondary N) is 1. The van der Waals surface area contributed by atoms with E-state index < -0.39 is 0 Å². The number of hydrogen-bond acceptors (Lipinski definition) is 4. The van der Waals surface area contributed by atoms with Gasteiger partial charge in [-0.05, 0) is 11.5 Å². The van der Waals surface area contributed by atoms with Gasteiger partial charge in [0, 0.05) is 13.6 Å². The Balaban J connectivity index is 1.74. The van der Waals surface area contributed by atoms with Gasteiger partial charge in [-0.1, -0.05) is 49.0 Å². The molecule has 1 amide bonds. The van der Waals surface area contributed by atoms with Crippen molar-refractivity contribution in [2.75, 3.05) is 12.3 Å². The Kier molecular flexibility index (Phi) is 5.17. The summed E-state index contributed by atoms with van der Waals surface area (Å²) in [6.07, 6.45) is 1.62. The van der Waals surface area contributed by atoms with Gasteiger partial charge in [-0.3, -0.25) is 4.79 Å². The van der Waals surface area contributed by atoms with Crippen LogP contribution in [0.1, 0.15) is 18.4 Å². The first kappa shape index (κ1) is 14.6. The van der Waals surface area contributed by atoms with Gasteiger partial charge in [-0.2, -0.15) is 0 Å². The maximum atomic E-state index is 11.8. The van der Waals surface area contributed by atoms with Crippen molar-refractivity contribution in [3.05, 3.63) is 42.2 Å². The van der Waals surface area contributed by atoms with Crippen molar-refractivity contribution in [1.29, 1.82) is 0 Å². The van der Waals surface area contributed by atoms with Crippen LogP contribution in [0.3, 0.4) is 0 Å². The highest BCUT2D eigenvalue weighted by molar-refractivity contribution is 7.99. The van der Waals surface area contributed by atoms with Gasteiger partial charge in [0.1, 0.15) is 6.33 Å². The highest BCUT2D eigenvalue weighted by atomic mass is 32.2. The van der Waals surface area contributed by atoms with Crippen LogP contribution in [0.4, 0.5) is 0 Å². The highest BCUT2D eigenvalue weighted by Gasteiger charge is 2.09. The predicted octanol–water partition coefficient (Wildman–Crippen LogP) is 1.83. The summed E-state index contributed by atoms with van der Waals surface area (Å²) in [5.74, 6) is 0.675. The Labute approximate surface area is 122 Å². The van der Waals surface area contributed by atoms with Crippen molar-refractivity contribution in [1.82, 2.24) is 20.1 Å². The number of hydrogen-bond donors (Lipinski definition) is 1. The lowest BCUT2D eigenvalue weighted by molar-refractivity contribution is -0.118. The number of carbonyl (C=O) groups is 1. The zero-order valence-corrected chi connectivity index (χ0v) is 12.4.